The molecule has 4 heteroatoms. The average molecular weight is 240 g/mol. The fraction of sp³-hybridized carbons (Fsp3) is 0.500. The van der Waals surface area contributed by atoms with Crippen molar-refractivity contribution in [3.63, 3.8) is 0 Å². The van der Waals surface area contributed by atoms with Crippen LogP contribution in [-0.2, 0) is 0 Å². The standard InChI is InChI=1S/C12H14ClNO2/c13-9-6-12-11(15-7-16-12)5-8(9)10-3-1-2-4-14-10/h5-6,10,14H,1-4,7H2. The molecule has 1 saturated heterocycles. The molecule has 2 aliphatic rings. The lowest BCUT2D eigenvalue weighted by Crippen LogP contribution is -2.26. The average Bonchev–Trinajstić information content (AvgIpc) is 2.76. The van der Waals surface area contributed by atoms with E-state index < -0.39 is 0 Å². The lowest BCUT2D eigenvalue weighted by molar-refractivity contribution is 0.174. The molecular weight excluding hydrogens is 226 g/mol. The van der Waals surface area contributed by atoms with Gasteiger partial charge in [0.25, 0.3) is 0 Å². The molecule has 0 aromatic heterocycles. The number of ether oxygens (including phenoxy) is 2. The Morgan fingerprint density at radius 3 is 2.75 bits per heavy atom. The Kier molecular flexibility index (Phi) is 2.65. The maximum absolute atomic E-state index is 6.27. The van der Waals surface area contributed by atoms with E-state index in [2.05, 4.69) is 5.32 Å². The maximum atomic E-state index is 6.27. The molecule has 16 heavy (non-hydrogen) atoms. The summed E-state index contributed by atoms with van der Waals surface area (Å²) in [7, 11) is 0. The molecular formula is C12H14ClNO2. The molecule has 3 nitrogen and oxygen atoms in total. The third-order valence-corrected chi connectivity index (χ3v) is 3.50. The Hall–Kier alpha value is -0.930. The predicted molar refractivity (Wildman–Crippen MR) is 62.2 cm³/mol. The van der Waals surface area contributed by atoms with Crippen LogP contribution in [0.3, 0.4) is 0 Å². The molecule has 0 radical (unpaired) electrons. The van der Waals surface area contributed by atoms with Gasteiger partial charge in [-0.2, -0.15) is 0 Å². The number of rotatable bonds is 1. The van der Waals surface area contributed by atoms with Gasteiger partial charge >= 0.3 is 0 Å². The zero-order valence-corrected chi connectivity index (χ0v) is 9.72. The Balaban J connectivity index is 1.94. The van der Waals surface area contributed by atoms with E-state index in [1.165, 1.54) is 12.8 Å². The second-order valence-corrected chi connectivity index (χ2v) is 4.64. The third-order valence-electron chi connectivity index (χ3n) is 3.18. The first-order chi connectivity index (χ1) is 7.84. The summed E-state index contributed by atoms with van der Waals surface area (Å²) in [6.45, 7) is 1.36. The number of nitrogens with one attached hydrogen (secondary N) is 1. The van der Waals surface area contributed by atoms with Gasteiger partial charge in [0.1, 0.15) is 0 Å². The quantitative estimate of drug-likeness (QED) is 0.818. The van der Waals surface area contributed by atoms with Gasteiger partial charge < -0.3 is 14.8 Å². The van der Waals surface area contributed by atoms with E-state index in [9.17, 15) is 0 Å². The van der Waals surface area contributed by atoms with Crippen molar-refractivity contribution >= 4 is 11.6 Å². The number of halogens is 1. The van der Waals surface area contributed by atoms with E-state index in [4.69, 9.17) is 21.1 Å². The molecule has 0 amide bonds. The lowest BCUT2D eigenvalue weighted by Gasteiger charge is -2.24. The summed E-state index contributed by atoms with van der Waals surface area (Å²) in [4.78, 5) is 0. The van der Waals surface area contributed by atoms with Crippen LogP contribution in [0.15, 0.2) is 12.1 Å². The van der Waals surface area contributed by atoms with Gasteiger partial charge in [-0.05, 0) is 31.0 Å². The van der Waals surface area contributed by atoms with E-state index in [-0.39, 0.29) is 0 Å². The molecule has 0 spiro atoms. The second-order valence-electron chi connectivity index (χ2n) is 4.23. The second kappa shape index (κ2) is 4.15. The van der Waals surface area contributed by atoms with Gasteiger partial charge in [-0.15, -0.1) is 0 Å². The fourth-order valence-electron chi connectivity index (χ4n) is 2.32. The molecule has 1 atom stereocenters. The molecule has 1 N–H and O–H groups in total. The minimum absolute atomic E-state index is 0.299. The number of piperidine rings is 1. The smallest absolute Gasteiger partial charge is 0.231 e. The molecule has 3 rings (SSSR count). The van der Waals surface area contributed by atoms with Crippen molar-refractivity contribution in [3.05, 3.63) is 22.7 Å². The molecule has 0 aliphatic carbocycles. The van der Waals surface area contributed by atoms with Crippen LogP contribution in [0.2, 0.25) is 5.02 Å². The van der Waals surface area contributed by atoms with Crippen molar-refractivity contribution < 1.29 is 9.47 Å². The van der Waals surface area contributed by atoms with Crippen LogP contribution in [-0.4, -0.2) is 13.3 Å². The van der Waals surface area contributed by atoms with Crippen LogP contribution in [0, 0.1) is 0 Å². The van der Waals surface area contributed by atoms with E-state index in [1.54, 1.807) is 0 Å². The zero-order chi connectivity index (χ0) is 11.0. The topological polar surface area (TPSA) is 30.5 Å². The van der Waals surface area contributed by atoms with Crippen LogP contribution >= 0.6 is 11.6 Å². The van der Waals surface area contributed by atoms with Crippen molar-refractivity contribution in [1.29, 1.82) is 0 Å². The number of hydrogen-bond acceptors (Lipinski definition) is 3. The number of fused-ring (bicyclic) bond motifs is 1. The fourth-order valence-corrected chi connectivity index (χ4v) is 2.60. The van der Waals surface area contributed by atoms with Gasteiger partial charge in [0, 0.05) is 17.1 Å². The van der Waals surface area contributed by atoms with Gasteiger partial charge in [0.15, 0.2) is 11.5 Å². The van der Waals surface area contributed by atoms with Gasteiger partial charge in [-0.3, -0.25) is 0 Å². The largest absolute Gasteiger partial charge is 0.454 e. The van der Waals surface area contributed by atoms with Gasteiger partial charge in [-0.25, -0.2) is 0 Å². The van der Waals surface area contributed by atoms with Crippen molar-refractivity contribution in [3.8, 4) is 11.5 Å². The van der Waals surface area contributed by atoms with E-state index in [1.807, 2.05) is 12.1 Å². The molecule has 0 saturated carbocycles. The van der Waals surface area contributed by atoms with E-state index in [0.717, 1.165) is 35.1 Å². The van der Waals surface area contributed by atoms with Crippen molar-refractivity contribution in [2.75, 3.05) is 13.3 Å². The Morgan fingerprint density at radius 2 is 2.00 bits per heavy atom. The van der Waals surface area contributed by atoms with Crippen molar-refractivity contribution in [2.24, 2.45) is 0 Å². The SMILES string of the molecule is Clc1cc2c(cc1C1CCCCN1)OCO2. The molecule has 2 aliphatic heterocycles. The molecule has 2 heterocycles. The highest BCUT2D eigenvalue weighted by Crippen LogP contribution is 2.40. The summed E-state index contributed by atoms with van der Waals surface area (Å²) in [6.07, 6.45) is 3.64. The molecule has 1 fully saturated rings. The Morgan fingerprint density at radius 1 is 1.19 bits per heavy atom. The van der Waals surface area contributed by atoms with Gasteiger partial charge in [0.2, 0.25) is 6.79 Å². The summed E-state index contributed by atoms with van der Waals surface area (Å²) in [5.41, 5.74) is 1.13. The predicted octanol–water partition coefficient (Wildman–Crippen LogP) is 2.88. The van der Waals surface area contributed by atoms with Gasteiger partial charge in [-0.1, -0.05) is 18.0 Å². The first-order valence-corrected chi connectivity index (χ1v) is 6.05. The van der Waals surface area contributed by atoms with Gasteiger partial charge in [0.05, 0.1) is 0 Å². The van der Waals surface area contributed by atoms with E-state index >= 15 is 0 Å². The van der Waals surface area contributed by atoms with E-state index in [0.29, 0.717) is 12.8 Å². The lowest BCUT2D eigenvalue weighted by atomic mass is 9.97. The summed E-state index contributed by atoms with van der Waals surface area (Å²) >= 11 is 6.27. The number of hydrogen-bond donors (Lipinski definition) is 1. The molecule has 1 aromatic rings. The molecule has 0 bridgehead atoms. The van der Waals surface area contributed by atoms with Crippen LogP contribution < -0.4 is 14.8 Å². The molecule has 86 valence electrons. The summed E-state index contributed by atoms with van der Waals surface area (Å²) in [5.74, 6) is 1.57. The molecule has 1 unspecified atom stereocenters. The third kappa shape index (κ3) is 1.74. The number of benzene rings is 1. The molecule has 1 aromatic carbocycles. The monoisotopic (exact) mass is 239 g/mol. The van der Waals surface area contributed by atoms with Crippen LogP contribution in [0.25, 0.3) is 0 Å². The highest BCUT2D eigenvalue weighted by atomic mass is 35.5. The first kappa shape index (κ1) is 10.2. The normalized spacial score (nSPS) is 23.4. The van der Waals surface area contributed by atoms with Crippen molar-refractivity contribution in [2.45, 2.75) is 25.3 Å². The minimum Gasteiger partial charge on any atom is -0.454 e. The highest BCUT2D eigenvalue weighted by molar-refractivity contribution is 6.31. The van der Waals surface area contributed by atoms with Crippen molar-refractivity contribution in [1.82, 2.24) is 5.32 Å². The van der Waals surface area contributed by atoms with Crippen LogP contribution in [0.1, 0.15) is 30.9 Å². The Bertz CT molecular complexity index is 402. The summed E-state index contributed by atoms with van der Waals surface area (Å²) in [5, 5.41) is 4.25. The van der Waals surface area contributed by atoms with Crippen LogP contribution in [0.5, 0.6) is 11.5 Å². The first-order valence-electron chi connectivity index (χ1n) is 5.67. The zero-order valence-electron chi connectivity index (χ0n) is 8.96. The summed E-state index contributed by atoms with van der Waals surface area (Å²) < 4.78 is 10.7. The summed E-state index contributed by atoms with van der Waals surface area (Å²) in [6, 6.07) is 4.22. The maximum Gasteiger partial charge on any atom is 0.231 e. The highest BCUT2D eigenvalue weighted by Gasteiger charge is 2.22. The van der Waals surface area contributed by atoms with Crippen LogP contribution in [0.4, 0.5) is 0 Å². The minimum atomic E-state index is 0.299. The Labute approximate surface area is 99.7 Å².